The summed E-state index contributed by atoms with van der Waals surface area (Å²) in [4.78, 5) is 23.7. The highest BCUT2D eigenvalue weighted by atomic mass is 35.5. The van der Waals surface area contributed by atoms with Crippen LogP contribution in [0.2, 0.25) is 10.0 Å². The Bertz CT molecular complexity index is 1960. The second kappa shape index (κ2) is 13.3. The first kappa shape index (κ1) is 36.2. The minimum absolute atomic E-state index is 0.00695. The number of ether oxygens (including phenoxy) is 1. The molecule has 48 heavy (non-hydrogen) atoms. The van der Waals surface area contributed by atoms with Gasteiger partial charge in [0.05, 0.1) is 28.3 Å². The second-order valence-electron chi connectivity index (χ2n) is 13.2. The van der Waals surface area contributed by atoms with Crippen LogP contribution in [0.5, 0.6) is 5.75 Å². The number of hydrogen-bond donors (Lipinski definition) is 0. The van der Waals surface area contributed by atoms with E-state index in [0.29, 0.717) is 42.9 Å². The first-order valence-electron chi connectivity index (χ1n) is 15.7. The van der Waals surface area contributed by atoms with Crippen LogP contribution in [-0.2, 0) is 30.8 Å². The summed E-state index contributed by atoms with van der Waals surface area (Å²) < 4.78 is 55.2. The number of piperidine rings is 1. The first-order valence-corrected chi connectivity index (χ1v) is 20.4. The van der Waals surface area contributed by atoms with Crippen molar-refractivity contribution in [3.8, 4) is 5.75 Å². The van der Waals surface area contributed by atoms with Crippen LogP contribution in [0.1, 0.15) is 55.4 Å². The molecule has 0 bridgehead atoms. The van der Waals surface area contributed by atoms with E-state index >= 15 is 4.79 Å². The third kappa shape index (κ3) is 6.84. The highest BCUT2D eigenvalue weighted by Crippen LogP contribution is 2.54. The molecule has 5 rings (SSSR count). The van der Waals surface area contributed by atoms with Gasteiger partial charge in [-0.15, -0.1) is 0 Å². The van der Waals surface area contributed by atoms with Gasteiger partial charge in [0.2, 0.25) is 0 Å². The van der Waals surface area contributed by atoms with Gasteiger partial charge >= 0.3 is 6.03 Å². The van der Waals surface area contributed by atoms with E-state index in [1.807, 2.05) is 57.2 Å². The normalized spacial score (nSPS) is 22.1. The number of nitrogens with zero attached hydrogens (tertiary/aromatic N) is 3. The van der Waals surface area contributed by atoms with Crippen molar-refractivity contribution in [2.75, 3.05) is 38.5 Å². The van der Waals surface area contributed by atoms with Gasteiger partial charge in [-0.3, -0.25) is 9.89 Å². The lowest BCUT2D eigenvalue weighted by molar-refractivity contribution is 0.0964. The van der Waals surface area contributed by atoms with Gasteiger partial charge in [0.1, 0.15) is 32.5 Å². The molecule has 13 heteroatoms. The van der Waals surface area contributed by atoms with Crippen LogP contribution < -0.4 is 4.74 Å². The van der Waals surface area contributed by atoms with Crippen LogP contribution in [0, 0.1) is 12.8 Å². The van der Waals surface area contributed by atoms with Crippen LogP contribution in [0.4, 0.5) is 4.79 Å². The van der Waals surface area contributed by atoms with Crippen LogP contribution in [0.3, 0.4) is 0 Å². The van der Waals surface area contributed by atoms with Crippen molar-refractivity contribution in [1.82, 2.24) is 9.80 Å². The van der Waals surface area contributed by atoms with E-state index in [0.717, 1.165) is 22.9 Å². The molecule has 9 nitrogen and oxygen atoms in total. The van der Waals surface area contributed by atoms with Gasteiger partial charge in [-0.2, -0.15) is 0 Å². The van der Waals surface area contributed by atoms with E-state index in [2.05, 4.69) is 0 Å². The topological polar surface area (TPSA) is 113 Å². The maximum absolute atomic E-state index is 15.0. The Morgan fingerprint density at radius 2 is 1.52 bits per heavy atom. The van der Waals surface area contributed by atoms with Crippen molar-refractivity contribution in [1.29, 1.82) is 0 Å². The number of aryl methyl sites for hydroxylation is 1. The Kier molecular flexibility index (Phi) is 10.0. The summed E-state index contributed by atoms with van der Waals surface area (Å²) in [6.07, 6.45) is 4.16. The van der Waals surface area contributed by atoms with Crippen LogP contribution >= 0.6 is 23.2 Å². The number of likely N-dealkylation sites (tertiary alicyclic amines) is 1. The lowest BCUT2D eigenvalue weighted by Gasteiger charge is -2.47. The zero-order valence-corrected chi connectivity index (χ0v) is 31.1. The fraction of sp³-hybridized carbons (Fsp3) is 0.429. The highest BCUT2D eigenvalue weighted by Gasteiger charge is 2.60. The number of rotatable bonds is 8. The molecule has 2 amide bonds. The number of aliphatic imine (C=N–C) groups is 1. The van der Waals surface area contributed by atoms with Crippen molar-refractivity contribution in [3.63, 3.8) is 0 Å². The molecule has 0 N–H and O–H groups in total. The lowest BCUT2D eigenvalue weighted by atomic mass is 9.70. The predicted octanol–water partition coefficient (Wildman–Crippen LogP) is 6.87. The number of sulfone groups is 2. The molecule has 3 aromatic rings. The van der Waals surface area contributed by atoms with Crippen molar-refractivity contribution >= 4 is 54.7 Å². The van der Waals surface area contributed by atoms with Gasteiger partial charge in [0, 0.05) is 36.7 Å². The summed E-state index contributed by atoms with van der Waals surface area (Å²) in [5.74, 6) is 0.773. The maximum atomic E-state index is 15.0. The van der Waals surface area contributed by atoms with Crippen LogP contribution in [-0.4, -0.2) is 77.0 Å². The molecule has 0 saturated carbocycles. The fourth-order valence-electron chi connectivity index (χ4n) is 6.77. The molecule has 2 heterocycles. The maximum Gasteiger partial charge on any atom is 0.326 e. The third-order valence-corrected chi connectivity index (χ3v) is 12.6. The number of amidine groups is 1. The summed E-state index contributed by atoms with van der Waals surface area (Å²) in [5, 5.41) is 0.525. The molecule has 2 atom stereocenters. The van der Waals surface area contributed by atoms with E-state index in [-0.39, 0.29) is 39.2 Å². The van der Waals surface area contributed by atoms with Gasteiger partial charge < -0.3 is 9.64 Å². The Morgan fingerprint density at radius 3 is 2.06 bits per heavy atom. The summed E-state index contributed by atoms with van der Waals surface area (Å²) in [7, 11) is -5.42. The molecule has 2 aliphatic rings. The summed E-state index contributed by atoms with van der Waals surface area (Å²) in [6.45, 7) is 6.76. The zero-order valence-electron chi connectivity index (χ0n) is 28.0. The SMILES string of the molecule is COc1cc(Cl)c(S(C)(=O)=O)cc1C1=NC(C)(c2ccc(C)cc2)C(C)(c2ccc(Cl)cc2)N1C(=O)N1CCC(CCS(C)(=O)=O)CC1. The van der Waals surface area contributed by atoms with Crippen LogP contribution in [0.15, 0.2) is 70.6 Å². The molecule has 0 radical (unpaired) electrons. The van der Waals surface area contributed by atoms with E-state index in [1.165, 1.54) is 25.5 Å². The molecular formula is C35H41Cl2N3O6S2. The smallest absolute Gasteiger partial charge is 0.326 e. The zero-order chi connectivity index (χ0) is 35.2. The van der Waals surface area contributed by atoms with E-state index in [9.17, 15) is 16.8 Å². The van der Waals surface area contributed by atoms with Crippen molar-refractivity contribution in [3.05, 3.63) is 93.0 Å². The Labute approximate surface area is 293 Å². The summed E-state index contributed by atoms with van der Waals surface area (Å²) in [6, 6.07) is 17.8. The van der Waals surface area contributed by atoms with Gasteiger partial charge in [-0.25, -0.2) is 21.6 Å². The first-order chi connectivity index (χ1) is 22.4. The minimum Gasteiger partial charge on any atom is -0.496 e. The number of benzene rings is 3. The number of amides is 2. The molecule has 1 fully saturated rings. The minimum atomic E-state index is -3.78. The monoisotopic (exact) mass is 733 g/mol. The molecule has 2 unspecified atom stereocenters. The molecule has 258 valence electrons. The van der Waals surface area contributed by atoms with E-state index in [1.54, 1.807) is 21.9 Å². The van der Waals surface area contributed by atoms with E-state index < -0.39 is 30.8 Å². The van der Waals surface area contributed by atoms with Crippen molar-refractivity contribution < 1.29 is 26.4 Å². The number of carbonyl (C=O) groups excluding carboxylic acids is 1. The molecule has 3 aromatic carbocycles. The average molecular weight is 735 g/mol. The highest BCUT2D eigenvalue weighted by molar-refractivity contribution is 7.91. The number of carbonyl (C=O) groups is 1. The Hall–Kier alpha value is -3.12. The van der Waals surface area contributed by atoms with Crippen molar-refractivity contribution in [2.45, 2.75) is 56.0 Å². The van der Waals surface area contributed by atoms with Gasteiger partial charge in [-0.05, 0) is 75.3 Å². The number of halogens is 2. The number of hydrogen-bond acceptors (Lipinski definition) is 7. The summed E-state index contributed by atoms with van der Waals surface area (Å²) in [5.41, 5.74) is 0.734. The van der Waals surface area contributed by atoms with Gasteiger partial charge in [0.25, 0.3) is 0 Å². The van der Waals surface area contributed by atoms with E-state index in [4.69, 9.17) is 32.9 Å². The number of methoxy groups -OCH3 is 1. The standard InChI is InChI=1S/C35H41Cl2N3O6S2/c1-23-7-9-25(10-8-23)34(2)35(3,26-11-13-27(36)14-12-26)40(33(41)39-18-15-24(16-19-39)17-20-47(5,42)43)32(38-34)28-21-31(48(6,44)45)29(37)22-30(28)46-4/h7-14,21-22,24H,15-20H2,1-6H3. The van der Waals surface area contributed by atoms with Gasteiger partial charge in [-0.1, -0.05) is 65.2 Å². The Balaban J connectivity index is 1.73. The molecular weight excluding hydrogens is 693 g/mol. The molecule has 2 aliphatic heterocycles. The van der Waals surface area contributed by atoms with Gasteiger partial charge in [0.15, 0.2) is 9.84 Å². The molecule has 0 spiro atoms. The van der Waals surface area contributed by atoms with Crippen molar-refractivity contribution in [2.24, 2.45) is 10.9 Å². The second-order valence-corrected chi connectivity index (χ2v) is 18.3. The Morgan fingerprint density at radius 1 is 0.938 bits per heavy atom. The largest absolute Gasteiger partial charge is 0.496 e. The molecule has 1 saturated heterocycles. The number of urea groups is 1. The molecule has 0 aliphatic carbocycles. The van der Waals surface area contributed by atoms with Crippen LogP contribution in [0.25, 0.3) is 0 Å². The molecule has 0 aromatic heterocycles. The third-order valence-electron chi connectivity index (χ3n) is 9.82. The lowest BCUT2D eigenvalue weighted by Crippen LogP contribution is -2.59. The quantitative estimate of drug-likeness (QED) is 0.250. The summed E-state index contributed by atoms with van der Waals surface area (Å²) >= 11 is 12.8. The average Bonchev–Trinajstić information content (AvgIpc) is 3.27. The fourth-order valence-corrected chi connectivity index (χ4v) is 8.98. The predicted molar refractivity (Wildman–Crippen MR) is 191 cm³/mol.